The minimum absolute atomic E-state index is 0.0661. The summed E-state index contributed by atoms with van der Waals surface area (Å²) in [5.41, 5.74) is 4.76. The van der Waals surface area contributed by atoms with Crippen LogP contribution >= 0.6 is 0 Å². The predicted octanol–water partition coefficient (Wildman–Crippen LogP) is 3.74. The standard InChI is InChI=1S/C23H36N2O2.C6H8N4O4/c1-21(2,3)25-20(27)17-8-7-15-14-6-9-18-23(5,13-11-19(26)24-18)16(14)10-12-22(15,17)4;1-9-4(3-14-6(7)11)8-2-5(9)10(12)13/h11,13-18H,6-10,12H2,1-5H3,(H,24,26)(H,25,27);2H,3H2,1H3,(H2,7,11)/t14-,15-,16-,17+,18+,22-,23+;/m0./s1. The summed E-state index contributed by atoms with van der Waals surface area (Å²) in [6.07, 6.45) is 10.8. The number of nitrogens with zero attached hydrogens (tertiary/aromatic N) is 3. The van der Waals surface area contributed by atoms with Gasteiger partial charge in [0.2, 0.25) is 17.6 Å². The van der Waals surface area contributed by atoms with Crippen molar-refractivity contribution in [3.05, 3.63) is 34.3 Å². The molecule has 3 fully saturated rings. The van der Waals surface area contributed by atoms with E-state index in [0.717, 1.165) is 25.5 Å². The average molecular weight is 573 g/mol. The van der Waals surface area contributed by atoms with Gasteiger partial charge in [-0.1, -0.05) is 19.9 Å². The average Bonchev–Trinajstić information content (AvgIpc) is 3.42. The number of rotatable bonds is 4. The van der Waals surface area contributed by atoms with Gasteiger partial charge in [0.15, 0.2) is 6.61 Å². The second kappa shape index (κ2) is 11.1. The Morgan fingerprint density at radius 2 is 1.93 bits per heavy atom. The second-order valence-corrected chi connectivity index (χ2v) is 13.6. The molecule has 3 amide bonds. The maximum atomic E-state index is 13.0. The van der Waals surface area contributed by atoms with Crippen LogP contribution in [0.5, 0.6) is 0 Å². The number of carbonyl (C=O) groups is 3. The lowest BCUT2D eigenvalue weighted by atomic mass is 9.48. The van der Waals surface area contributed by atoms with Crippen molar-refractivity contribution >= 4 is 23.7 Å². The maximum absolute atomic E-state index is 13.0. The number of hydrogen-bond donors (Lipinski definition) is 3. The lowest BCUT2D eigenvalue weighted by molar-refractivity contribution is -0.391. The Balaban J connectivity index is 0.000000234. The summed E-state index contributed by atoms with van der Waals surface area (Å²) in [5.74, 6) is 2.49. The topological polar surface area (TPSA) is 171 Å². The summed E-state index contributed by atoms with van der Waals surface area (Å²) >= 11 is 0. The van der Waals surface area contributed by atoms with Crippen LogP contribution in [0, 0.1) is 44.6 Å². The Kier molecular flexibility index (Phi) is 8.26. The number of aromatic nitrogens is 2. The van der Waals surface area contributed by atoms with E-state index in [2.05, 4.69) is 61.0 Å². The highest BCUT2D eigenvalue weighted by atomic mass is 16.6. The zero-order chi connectivity index (χ0) is 30.3. The molecule has 4 aliphatic rings. The number of ether oxygens (including phenoxy) is 1. The van der Waals surface area contributed by atoms with Gasteiger partial charge in [-0.05, 0) is 93.5 Å². The fraction of sp³-hybridized carbons (Fsp3) is 0.724. The van der Waals surface area contributed by atoms with Crippen molar-refractivity contribution in [2.75, 3.05) is 0 Å². The number of hydrogen-bond acceptors (Lipinski definition) is 7. The molecule has 1 aromatic heterocycles. The summed E-state index contributed by atoms with van der Waals surface area (Å²) < 4.78 is 5.65. The summed E-state index contributed by atoms with van der Waals surface area (Å²) in [5, 5.41) is 16.9. The number of amides is 3. The van der Waals surface area contributed by atoms with Crippen LogP contribution in [0.2, 0.25) is 0 Å². The number of nitrogens with two attached hydrogens (primary N) is 1. The minimum atomic E-state index is -0.948. The minimum Gasteiger partial charge on any atom is -0.439 e. The molecule has 226 valence electrons. The molecule has 7 atom stereocenters. The SMILES string of the molecule is CC(C)(C)NC(=O)[C@H]1CC[C@H]2[C@@H]3CC[C@H]4NC(=O)C=C[C@]4(C)[C@H]3CC[C@]12C.Cn1c([N+](=O)[O-])cnc1COC(N)=O. The molecule has 0 bridgehead atoms. The molecular weight excluding hydrogens is 528 g/mol. The van der Waals surface area contributed by atoms with Crippen molar-refractivity contribution in [3.8, 4) is 0 Å². The Morgan fingerprint density at radius 3 is 2.54 bits per heavy atom. The molecule has 41 heavy (non-hydrogen) atoms. The van der Waals surface area contributed by atoms with Gasteiger partial charge in [0.25, 0.3) is 0 Å². The van der Waals surface area contributed by atoms with Crippen molar-refractivity contribution in [2.45, 2.75) is 91.3 Å². The highest BCUT2D eigenvalue weighted by molar-refractivity contribution is 5.89. The van der Waals surface area contributed by atoms with Crippen LogP contribution in [0.15, 0.2) is 18.3 Å². The molecule has 5 rings (SSSR count). The van der Waals surface area contributed by atoms with Crippen LogP contribution in [0.1, 0.15) is 79.0 Å². The molecule has 12 heteroatoms. The monoisotopic (exact) mass is 572 g/mol. The number of imidazole rings is 1. The van der Waals surface area contributed by atoms with Gasteiger partial charge in [0.05, 0.1) is 7.05 Å². The zero-order valence-electron chi connectivity index (χ0n) is 24.9. The fourth-order valence-corrected chi connectivity index (χ4v) is 8.10. The molecule has 0 unspecified atom stereocenters. The van der Waals surface area contributed by atoms with Crippen LogP contribution in [-0.4, -0.2) is 44.0 Å². The number of carbonyl (C=O) groups excluding carboxylic acids is 3. The van der Waals surface area contributed by atoms with Crippen LogP contribution in [0.4, 0.5) is 10.6 Å². The van der Waals surface area contributed by atoms with E-state index in [-0.39, 0.29) is 58.4 Å². The third-order valence-electron chi connectivity index (χ3n) is 10.1. The third kappa shape index (κ3) is 5.97. The molecule has 3 saturated carbocycles. The first kappa shape index (κ1) is 30.5. The highest BCUT2D eigenvalue weighted by Gasteiger charge is 2.61. The lowest BCUT2D eigenvalue weighted by Gasteiger charge is -2.58. The molecular formula is C29H44N6O6. The first-order chi connectivity index (χ1) is 19.1. The summed E-state index contributed by atoms with van der Waals surface area (Å²) in [6, 6.07) is 0.280. The molecule has 1 aromatic rings. The first-order valence-electron chi connectivity index (χ1n) is 14.5. The fourth-order valence-electron chi connectivity index (χ4n) is 8.10. The van der Waals surface area contributed by atoms with Gasteiger partial charge in [0.1, 0.15) is 6.20 Å². The van der Waals surface area contributed by atoms with Crippen molar-refractivity contribution in [1.82, 2.24) is 20.2 Å². The van der Waals surface area contributed by atoms with Crippen molar-refractivity contribution < 1.29 is 24.0 Å². The third-order valence-corrected chi connectivity index (χ3v) is 10.1. The summed E-state index contributed by atoms with van der Waals surface area (Å²) in [6.45, 7) is 10.8. The summed E-state index contributed by atoms with van der Waals surface area (Å²) in [4.78, 5) is 48.6. The Hall–Kier alpha value is -3.44. The van der Waals surface area contributed by atoms with Crippen molar-refractivity contribution in [2.24, 2.45) is 47.3 Å². The van der Waals surface area contributed by atoms with Gasteiger partial charge >= 0.3 is 11.9 Å². The number of nitro groups is 1. The van der Waals surface area contributed by atoms with Crippen LogP contribution in [0.25, 0.3) is 0 Å². The van der Waals surface area contributed by atoms with Crippen LogP contribution in [-0.2, 0) is 28.0 Å². The van der Waals surface area contributed by atoms with E-state index >= 15 is 0 Å². The van der Waals surface area contributed by atoms with E-state index < -0.39 is 11.0 Å². The molecule has 3 aliphatic carbocycles. The van der Waals surface area contributed by atoms with E-state index in [1.807, 2.05) is 0 Å². The molecule has 0 radical (unpaired) electrons. The normalized spacial score (nSPS) is 33.7. The Labute approximate surface area is 241 Å². The predicted molar refractivity (Wildman–Crippen MR) is 151 cm³/mol. The Morgan fingerprint density at radius 1 is 1.22 bits per heavy atom. The second-order valence-electron chi connectivity index (χ2n) is 13.6. The molecule has 12 nitrogen and oxygen atoms in total. The molecule has 1 aliphatic heterocycles. The van der Waals surface area contributed by atoms with Gasteiger partial charge in [-0.15, -0.1) is 0 Å². The van der Waals surface area contributed by atoms with Gasteiger partial charge in [0, 0.05) is 22.9 Å². The van der Waals surface area contributed by atoms with Crippen LogP contribution in [0.3, 0.4) is 0 Å². The van der Waals surface area contributed by atoms with Gasteiger partial charge < -0.3 is 31.2 Å². The van der Waals surface area contributed by atoms with Gasteiger partial charge in [-0.2, -0.15) is 0 Å². The van der Waals surface area contributed by atoms with Gasteiger partial charge in [-0.3, -0.25) is 9.59 Å². The highest BCUT2D eigenvalue weighted by Crippen LogP contribution is 2.65. The molecule has 0 aromatic carbocycles. The number of fused-ring (bicyclic) bond motifs is 5. The molecule has 0 saturated heterocycles. The van der Waals surface area contributed by atoms with Gasteiger partial charge in [-0.25, -0.2) is 14.3 Å². The summed E-state index contributed by atoms with van der Waals surface area (Å²) in [7, 11) is 1.45. The smallest absolute Gasteiger partial charge is 0.405 e. The lowest BCUT2D eigenvalue weighted by Crippen LogP contribution is -2.59. The Bertz CT molecular complexity index is 1240. The molecule has 2 heterocycles. The number of nitrogens with one attached hydrogen (secondary N) is 2. The largest absolute Gasteiger partial charge is 0.439 e. The van der Waals surface area contributed by atoms with E-state index in [0.29, 0.717) is 17.8 Å². The van der Waals surface area contributed by atoms with E-state index in [4.69, 9.17) is 5.73 Å². The quantitative estimate of drug-likeness (QED) is 0.364. The molecule has 4 N–H and O–H groups in total. The van der Waals surface area contributed by atoms with E-state index in [1.54, 1.807) is 6.08 Å². The zero-order valence-corrected chi connectivity index (χ0v) is 24.9. The first-order valence-corrected chi connectivity index (χ1v) is 14.5. The van der Waals surface area contributed by atoms with Crippen molar-refractivity contribution in [1.29, 1.82) is 0 Å². The maximum Gasteiger partial charge on any atom is 0.405 e. The molecule has 0 spiro atoms. The van der Waals surface area contributed by atoms with Crippen molar-refractivity contribution in [3.63, 3.8) is 0 Å². The van der Waals surface area contributed by atoms with E-state index in [9.17, 15) is 24.5 Å². The van der Waals surface area contributed by atoms with Crippen LogP contribution < -0.4 is 16.4 Å². The van der Waals surface area contributed by atoms with E-state index in [1.165, 1.54) is 30.9 Å². The number of primary amides is 1.